The summed E-state index contributed by atoms with van der Waals surface area (Å²) >= 11 is 0. The molecule has 0 unspecified atom stereocenters. The number of carbonyl (C=O) groups is 1. The lowest BCUT2D eigenvalue weighted by Gasteiger charge is -2.49. The fourth-order valence-electron chi connectivity index (χ4n) is 4.53. The predicted octanol–water partition coefficient (Wildman–Crippen LogP) is 3.28. The van der Waals surface area contributed by atoms with Gasteiger partial charge in [-0.15, -0.1) is 0 Å². The number of fused-ring (bicyclic) bond motifs is 1. The van der Waals surface area contributed by atoms with E-state index in [0.717, 1.165) is 32.5 Å². The van der Waals surface area contributed by atoms with Crippen molar-refractivity contribution >= 4 is 16.7 Å². The molecule has 1 saturated heterocycles. The van der Waals surface area contributed by atoms with E-state index in [0.29, 0.717) is 12.8 Å². The third-order valence-electron chi connectivity index (χ3n) is 6.12. The van der Waals surface area contributed by atoms with Gasteiger partial charge in [0.25, 0.3) is 0 Å². The van der Waals surface area contributed by atoms with Crippen LogP contribution < -0.4 is 0 Å². The van der Waals surface area contributed by atoms with Crippen molar-refractivity contribution in [3.8, 4) is 0 Å². The Labute approximate surface area is 148 Å². The number of aliphatic hydroxyl groups is 1. The van der Waals surface area contributed by atoms with Gasteiger partial charge in [0.15, 0.2) is 0 Å². The Balaban J connectivity index is 1.33. The highest BCUT2D eigenvalue weighted by Gasteiger charge is 2.51. The smallest absolute Gasteiger partial charge is 0.306 e. The lowest BCUT2D eigenvalue weighted by atomic mass is 9.62. The van der Waals surface area contributed by atoms with Crippen LogP contribution in [0.3, 0.4) is 0 Å². The van der Waals surface area contributed by atoms with Crippen LogP contribution in [0.5, 0.6) is 0 Å². The van der Waals surface area contributed by atoms with Crippen LogP contribution in [0.4, 0.5) is 0 Å². The van der Waals surface area contributed by atoms with E-state index < -0.39 is 11.6 Å². The molecule has 132 valence electrons. The van der Waals surface area contributed by atoms with E-state index in [1.807, 2.05) is 0 Å². The second-order valence-corrected chi connectivity index (χ2v) is 7.78. The Morgan fingerprint density at radius 3 is 2.44 bits per heavy atom. The maximum absolute atomic E-state index is 11.0. The first-order valence-corrected chi connectivity index (χ1v) is 9.19. The molecule has 0 amide bonds. The lowest BCUT2D eigenvalue weighted by Crippen LogP contribution is -2.54. The summed E-state index contributed by atoms with van der Waals surface area (Å²) in [5, 5.41) is 22.2. The maximum Gasteiger partial charge on any atom is 0.306 e. The van der Waals surface area contributed by atoms with Gasteiger partial charge in [-0.1, -0.05) is 36.4 Å². The molecule has 0 radical (unpaired) electrons. The number of rotatable bonds is 4. The fourth-order valence-corrected chi connectivity index (χ4v) is 4.53. The third-order valence-corrected chi connectivity index (χ3v) is 6.12. The molecule has 4 heteroatoms. The van der Waals surface area contributed by atoms with E-state index in [4.69, 9.17) is 5.11 Å². The van der Waals surface area contributed by atoms with Crippen LogP contribution in [-0.4, -0.2) is 39.8 Å². The Hall–Kier alpha value is -1.91. The molecule has 2 aromatic carbocycles. The molecule has 1 saturated carbocycles. The molecule has 2 aliphatic rings. The monoisotopic (exact) mass is 339 g/mol. The molecule has 0 aromatic heterocycles. The summed E-state index contributed by atoms with van der Waals surface area (Å²) in [6.45, 7) is 2.88. The van der Waals surface area contributed by atoms with Gasteiger partial charge in [-0.25, -0.2) is 0 Å². The van der Waals surface area contributed by atoms with E-state index in [1.54, 1.807) is 0 Å². The van der Waals surface area contributed by atoms with Crippen LogP contribution in [0.15, 0.2) is 42.5 Å². The summed E-state index contributed by atoms with van der Waals surface area (Å²) in [7, 11) is 0. The van der Waals surface area contributed by atoms with Crippen molar-refractivity contribution in [2.75, 3.05) is 13.1 Å². The van der Waals surface area contributed by atoms with Crippen LogP contribution in [0.25, 0.3) is 10.8 Å². The van der Waals surface area contributed by atoms with Gasteiger partial charge < -0.3 is 10.2 Å². The third kappa shape index (κ3) is 3.29. The average Bonchev–Trinajstić information content (AvgIpc) is 2.59. The minimum atomic E-state index is -0.765. The van der Waals surface area contributed by atoms with Crippen molar-refractivity contribution in [3.05, 3.63) is 48.0 Å². The maximum atomic E-state index is 11.0. The number of nitrogens with zero attached hydrogens (tertiary/aromatic N) is 1. The molecule has 4 rings (SSSR count). The summed E-state index contributed by atoms with van der Waals surface area (Å²) in [5.74, 6) is -0.866. The van der Waals surface area contributed by atoms with Crippen molar-refractivity contribution in [3.63, 3.8) is 0 Å². The zero-order chi connectivity index (χ0) is 17.4. The van der Waals surface area contributed by atoms with Gasteiger partial charge in [-0.2, -0.15) is 0 Å². The van der Waals surface area contributed by atoms with Crippen LogP contribution in [0, 0.1) is 11.8 Å². The largest absolute Gasteiger partial charge is 0.481 e. The number of piperidine rings is 1. The Morgan fingerprint density at radius 2 is 1.76 bits per heavy atom. The molecular weight excluding hydrogens is 314 g/mol. The van der Waals surface area contributed by atoms with Gasteiger partial charge in [0.1, 0.15) is 0 Å². The number of aliphatic carboxylic acids is 1. The van der Waals surface area contributed by atoms with E-state index in [1.165, 1.54) is 16.3 Å². The normalized spacial score (nSPS) is 28.0. The number of likely N-dealkylation sites (tertiary alicyclic amines) is 1. The Bertz CT molecular complexity index is 774. The van der Waals surface area contributed by atoms with Crippen molar-refractivity contribution in [2.24, 2.45) is 11.8 Å². The SMILES string of the molecule is O=C(O)C1CC(O)(C2CCN(Cc3ccc4ccccc4c3)CC2)C1. The minimum Gasteiger partial charge on any atom is -0.481 e. The molecule has 0 spiro atoms. The first kappa shape index (κ1) is 16.6. The number of benzene rings is 2. The lowest BCUT2D eigenvalue weighted by molar-refractivity contribution is -0.170. The molecular formula is C21H25NO3. The first-order valence-electron chi connectivity index (χ1n) is 9.19. The molecule has 2 aromatic rings. The highest BCUT2D eigenvalue weighted by atomic mass is 16.4. The summed E-state index contributed by atoms with van der Waals surface area (Å²) in [5.41, 5.74) is 0.586. The van der Waals surface area contributed by atoms with Crippen LogP contribution in [0.1, 0.15) is 31.2 Å². The summed E-state index contributed by atoms with van der Waals surface area (Å²) in [4.78, 5) is 13.4. The molecule has 0 bridgehead atoms. The minimum absolute atomic E-state index is 0.246. The highest BCUT2D eigenvalue weighted by Crippen LogP contribution is 2.46. The number of carboxylic acid groups (broad SMARTS) is 1. The van der Waals surface area contributed by atoms with Crippen LogP contribution in [0.2, 0.25) is 0 Å². The van der Waals surface area contributed by atoms with Crippen molar-refractivity contribution in [2.45, 2.75) is 37.8 Å². The summed E-state index contributed by atoms with van der Waals surface area (Å²) in [6.07, 6.45) is 2.77. The van der Waals surface area contributed by atoms with E-state index >= 15 is 0 Å². The van der Waals surface area contributed by atoms with E-state index in [2.05, 4.69) is 47.4 Å². The predicted molar refractivity (Wildman–Crippen MR) is 97.3 cm³/mol. The molecule has 4 nitrogen and oxygen atoms in total. The fraction of sp³-hybridized carbons (Fsp3) is 0.476. The molecule has 1 heterocycles. The van der Waals surface area contributed by atoms with Gasteiger partial charge >= 0.3 is 5.97 Å². The van der Waals surface area contributed by atoms with E-state index in [9.17, 15) is 9.90 Å². The van der Waals surface area contributed by atoms with Crippen LogP contribution >= 0.6 is 0 Å². The van der Waals surface area contributed by atoms with Crippen LogP contribution in [-0.2, 0) is 11.3 Å². The van der Waals surface area contributed by atoms with Crippen molar-refractivity contribution < 1.29 is 15.0 Å². The Kier molecular flexibility index (Phi) is 4.26. The molecule has 1 aliphatic carbocycles. The zero-order valence-electron chi connectivity index (χ0n) is 14.4. The number of hydrogen-bond donors (Lipinski definition) is 2. The summed E-state index contributed by atoms with van der Waals surface area (Å²) in [6, 6.07) is 15.1. The standard InChI is InChI=1S/C21H25NO3/c23-20(24)18-12-21(25,13-18)19-7-9-22(10-8-19)14-15-5-6-16-3-1-2-4-17(16)11-15/h1-6,11,18-19,25H,7-10,12-14H2,(H,23,24). The van der Waals surface area contributed by atoms with E-state index in [-0.39, 0.29) is 11.8 Å². The van der Waals surface area contributed by atoms with Gasteiger partial charge in [0, 0.05) is 6.54 Å². The van der Waals surface area contributed by atoms with Gasteiger partial charge in [-0.05, 0) is 67.1 Å². The zero-order valence-corrected chi connectivity index (χ0v) is 14.4. The topological polar surface area (TPSA) is 60.8 Å². The summed E-state index contributed by atoms with van der Waals surface area (Å²) < 4.78 is 0. The van der Waals surface area contributed by atoms with Crippen molar-refractivity contribution in [1.29, 1.82) is 0 Å². The molecule has 2 fully saturated rings. The molecule has 0 atom stereocenters. The average molecular weight is 339 g/mol. The second kappa shape index (κ2) is 6.43. The quantitative estimate of drug-likeness (QED) is 0.897. The highest BCUT2D eigenvalue weighted by molar-refractivity contribution is 5.82. The molecule has 1 aliphatic heterocycles. The van der Waals surface area contributed by atoms with Gasteiger partial charge in [0.2, 0.25) is 0 Å². The second-order valence-electron chi connectivity index (χ2n) is 7.78. The Morgan fingerprint density at radius 1 is 1.08 bits per heavy atom. The molecule has 25 heavy (non-hydrogen) atoms. The number of hydrogen-bond acceptors (Lipinski definition) is 3. The number of carboxylic acids is 1. The van der Waals surface area contributed by atoms with Gasteiger partial charge in [0.05, 0.1) is 11.5 Å². The molecule has 2 N–H and O–H groups in total. The first-order chi connectivity index (χ1) is 12.0. The van der Waals surface area contributed by atoms with Gasteiger partial charge in [-0.3, -0.25) is 9.69 Å². The van der Waals surface area contributed by atoms with Crippen molar-refractivity contribution in [1.82, 2.24) is 4.90 Å².